The summed E-state index contributed by atoms with van der Waals surface area (Å²) in [4.78, 5) is 22.8. The van der Waals surface area contributed by atoms with Gasteiger partial charge in [-0.2, -0.15) is 0 Å². The summed E-state index contributed by atoms with van der Waals surface area (Å²) in [5.74, 6) is -1.56. The molecule has 0 bridgehead atoms. The van der Waals surface area contributed by atoms with Crippen LogP contribution in [0.5, 0.6) is 0 Å². The zero-order chi connectivity index (χ0) is 11.4. The van der Waals surface area contributed by atoms with Crippen LogP contribution in [-0.4, -0.2) is 18.4 Å². The van der Waals surface area contributed by atoms with Gasteiger partial charge in [-0.15, -0.1) is 0 Å². The molecule has 0 heterocycles. The molecular weight excluding hydrogens is 216 g/mol. The average Bonchev–Trinajstić information content (AvgIpc) is 2.17. The molecule has 0 aliphatic carbocycles. The second-order valence-corrected chi connectivity index (χ2v) is 3.39. The molecule has 0 fully saturated rings. The van der Waals surface area contributed by atoms with E-state index in [4.69, 9.17) is 11.6 Å². The lowest BCUT2D eigenvalue weighted by molar-refractivity contribution is -0.137. The Morgan fingerprint density at radius 2 is 2.07 bits per heavy atom. The molecule has 1 rings (SSSR count). The number of Topliss-reactive ketones (excluding diaryl/α,β-unsaturated/α-hetero) is 1. The van der Waals surface area contributed by atoms with Gasteiger partial charge in [0.1, 0.15) is 0 Å². The number of benzene rings is 1. The first-order valence-corrected chi connectivity index (χ1v) is 4.92. The summed E-state index contributed by atoms with van der Waals surface area (Å²) in [6, 6.07) is 5.01. The Kier molecular flexibility index (Phi) is 3.86. The Morgan fingerprint density at radius 3 is 2.60 bits per heavy atom. The number of hydrogen-bond acceptors (Lipinski definition) is 3. The van der Waals surface area contributed by atoms with Gasteiger partial charge in [-0.25, -0.2) is 4.79 Å². The lowest BCUT2D eigenvalue weighted by atomic mass is 10.1. The number of ether oxygens (including phenoxy) is 1. The molecule has 0 aliphatic rings. The van der Waals surface area contributed by atoms with Gasteiger partial charge in [0.25, 0.3) is 5.78 Å². The molecule has 15 heavy (non-hydrogen) atoms. The number of esters is 1. The quantitative estimate of drug-likeness (QED) is 0.452. The molecule has 3 nitrogen and oxygen atoms in total. The van der Waals surface area contributed by atoms with Gasteiger partial charge >= 0.3 is 5.97 Å². The topological polar surface area (TPSA) is 43.4 Å². The van der Waals surface area contributed by atoms with Crippen LogP contribution in [-0.2, 0) is 9.53 Å². The Labute approximate surface area is 93.0 Å². The van der Waals surface area contributed by atoms with Crippen LogP contribution in [0, 0.1) is 6.92 Å². The van der Waals surface area contributed by atoms with Gasteiger partial charge in [-0.05, 0) is 25.5 Å². The molecule has 0 N–H and O–H groups in total. The summed E-state index contributed by atoms with van der Waals surface area (Å²) < 4.78 is 4.62. The highest BCUT2D eigenvalue weighted by atomic mass is 35.5. The molecule has 0 saturated carbocycles. The first kappa shape index (κ1) is 11.7. The van der Waals surface area contributed by atoms with Crippen molar-refractivity contribution in [3.63, 3.8) is 0 Å². The third kappa shape index (κ3) is 2.57. The Bertz CT molecular complexity index is 379. The van der Waals surface area contributed by atoms with Crippen LogP contribution in [0.15, 0.2) is 18.2 Å². The fourth-order valence-corrected chi connectivity index (χ4v) is 1.53. The molecule has 0 aliphatic heterocycles. The predicted molar refractivity (Wildman–Crippen MR) is 57.2 cm³/mol. The molecule has 80 valence electrons. The lowest BCUT2D eigenvalue weighted by Crippen LogP contribution is -2.18. The summed E-state index contributed by atoms with van der Waals surface area (Å²) in [7, 11) is 0. The van der Waals surface area contributed by atoms with Crippen LogP contribution in [0.3, 0.4) is 0 Å². The highest BCUT2D eigenvalue weighted by Gasteiger charge is 2.21. The minimum Gasteiger partial charge on any atom is -0.460 e. The Morgan fingerprint density at radius 1 is 1.40 bits per heavy atom. The number of halogens is 1. The zero-order valence-corrected chi connectivity index (χ0v) is 9.30. The average molecular weight is 227 g/mol. The summed E-state index contributed by atoms with van der Waals surface area (Å²) in [6.07, 6.45) is 0. The molecule has 0 saturated heterocycles. The molecule has 0 spiro atoms. The zero-order valence-electron chi connectivity index (χ0n) is 8.54. The van der Waals surface area contributed by atoms with E-state index in [9.17, 15) is 9.59 Å². The number of rotatable bonds is 3. The van der Waals surface area contributed by atoms with Crippen LogP contribution in [0.1, 0.15) is 22.8 Å². The number of carbonyl (C=O) groups excluding carboxylic acids is 2. The van der Waals surface area contributed by atoms with Crippen LogP contribution >= 0.6 is 11.6 Å². The van der Waals surface area contributed by atoms with Gasteiger partial charge in [0.05, 0.1) is 17.2 Å². The van der Waals surface area contributed by atoms with Gasteiger partial charge < -0.3 is 4.74 Å². The maximum Gasteiger partial charge on any atom is 0.379 e. The van der Waals surface area contributed by atoms with Crippen molar-refractivity contribution in [3.8, 4) is 0 Å². The van der Waals surface area contributed by atoms with E-state index in [-0.39, 0.29) is 17.2 Å². The number of ketones is 1. The SMILES string of the molecule is CCOC(=O)C(=O)c1c(C)cccc1Cl. The van der Waals surface area contributed by atoms with Gasteiger partial charge in [0.15, 0.2) is 0 Å². The van der Waals surface area contributed by atoms with Crippen LogP contribution in [0.4, 0.5) is 0 Å². The normalized spacial score (nSPS) is 9.80. The van der Waals surface area contributed by atoms with Crippen molar-refractivity contribution >= 4 is 23.4 Å². The minimum absolute atomic E-state index is 0.175. The van der Waals surface area contributed by atoms with E-state index < -0.39 is 11.8 Å². The summed E-state index contributed by atoms with van der Waals surface area (Å²) in [5, 5.41) is 0.271. The summed E-state index contributed by atoms with van der Waals surface area (Å²) in [6.45, 7) is 3.54. The first-order chi connectivity index (χ1) is 7.07. The Hall–Kier alpha value is -1.35. The van der Waals surface area contributed by atoms with Crippen LogP contribution in [0.2, 0.25) is 5.02 Å². The number of hydrogen-bond donors (Lipinski definition) is 0. The van der Waals surface area contributed by atoms with E-state index in [2.05, 4.69) is 4.74 Å². The number of carbonyl (C=O) groups is 2. The fraction of sp³-hybridized carbons (Fsp3) is 0.273. The second kappa shape index (κ2) is 4.94. The predicted octanol–water partition coefficient (Wildman–Crippen LogP) is 2.39. The molecule has 0 amide bonds. The van der Waals surface area contributed by atoms with Gasteiger partial charge in [0.2, 0.25) is 0 Å². The van der Waals surface area contributed by atoms with Crippen molar-refractivity contribution in [1.82, 2.24) is 0 Å². The summed E-state index contributed by atoms with van der Waals surface area (Å²) in [5.41, 5.74) is 0.887. The van der Waals surface area contributed by atoms with Crippen molar-refractivity contribution in [2.45, 2.75) is 13.8 Å². The smallest absolute Gasteiger partial charge is 0.379 e. The van der Waals surface area contributed by atoms with Gasteiger partial charge in [-0.1, -0.05) is 23.7 Å². The van der Waals surface area contributed by atoms with E-state index in [1.165, 1.54) is 0 Å². The summed E-state index contributed by atoms with van der Waals surface area (Å²) >= 11 is 5.84. The maximum atomic E-state index is 11.6. The number of aryl methyl sites for hydroxylation is 1. The standard InChI is InChI=1S/C11H11ClO3/c1-3-15-11(14)10(13)9-7(2)5-4-6-8(9)12/h4-6H,3H2,1-2H3. The molecule has 0 aromatic heterocycles. The second-order valence-electron chi connectivity index (χ2n) is 2.98. The minimum atomic E-state index is -0.867. The molecule has 0 unspecified atom stereocenters. The molecule has 0 atom stereocenters. The van der Waals surface area contributed by atoms with Crippen molar-refractivity contribution in [2.24, 2.45) is 0 Å². The van der Waals surface area contributed by atoms with E-state index in [0.29, 0.717) is 5.56 Å². The molecular formula is C11H11ClO3. The fourth-order valence-electron chi connectivity index (χ4n) is 1.22. The van der Waals surface area contributed by atoms with Crippen LogP contribution < -0.4 is 0 Å². The lowest BCUT2D eigenvalue weighted by Gasteiger charge is -2.05. The maximum absolute atomic E-state index is 11.6. The van der Waals surface area contributed by atoms with E-state index in [0.717, 1.165) is 0 Å². The first-order valence-electron chi connectivity index (χ1n) is 4.54. The highest BCUT2D eigenvalue weighted by Crippen LogP contribution is 2.20. The van der Waals surface area contributed by atoms with Crippen molar-refractivity contribution < 1.29 is 14.3 Å². The van der Waals surface area contributed by atoms with Crippen molar-refractivity contribution in [2.75, 3.05) is 6.61 Å². The molecule has 0 radical (unpaired) electrons. The Balaban J connectivity index is 3.06. The van der Waals surface area contributed by atoms with Gasteiger partial charge in [0, 0.05) is 0 Å². The third-order valence-corrected chi connectivity index (χ3v) is 2.22. The third-order valence-electron chi connectivity index (χ3n) is 1.91. The molecule has 4 heteroatoms. The van der Waals surface area contributed by atoms with Crippen LogP contribution in [0.25, 0.3) is 0 Å². The largest absolute Gasteiger partial charge is 0.460 e. The van der Waals surface area contributed by atoms with Gasteiger partial charge in [-0.3, -0.25) is 4.79 Å². The molecule has 1 aromatic rings. The molecule has 1 aromatic carbocycles. The van der Waals surface area contributed by atoms with E-state index in [1.807, 2.05) is 0 Å². The van der Waals surface area contributed by atoms with Crippen molar-refractivity contribution in [3.05, 3.63) is 34.3 Å². The van der Waals surface area contributed by atoms with E-state index >= 15 is 0 Å². The van der Waals surface area contributed by atoms with Crippen molar-refractivity contribution in [1.29, 1.82) is 0 Å². The monoisotopic (exact) mass is 226 g/mol. The van der Waals surface area contributed by atoms with E-state index in [1.54, 1.807) is 32.0 Å². The highest BCUT2D eigenvalue weighted by molar-refractivity contribution is 6.45.